The highest BCUT2D eigenvalue weighted by Gasteiger charge is 2.46. The molecule has 0 aromatic heterocycles. The van der Waals surface area contributed by atoms with E-state index in [1.807, 2.05) is 0 Å². The second-order valence-corrected chi connectivity index (χ2v) is 6.30. The van der Waals surface area contributed by atoms with Gasteiger partial charge in [-0.15, -0.1) is 69.6 Å². The van der Waals surface area contributed by atoms with Crippen LogP contribution in [0.15, 0.2) is 0 Å². The molecule has 0 aromatic carbocycles. The topological polar surface area (TPSA) is 12.5 Å². The van der Waals surface area contributed by atoms with Gasteiger partial charge in [0.1, 0.15) is 0 Å². The van der Waals surface area contributed by atoms with Crippen LogP contribution in [0, 0.1) is 0 Å². The van der Waals surface area contributed by atoms with Gasteiger partial charge in [-0.3, -0.25) is 0 Å². The Kier molecular flexibility index (Phi) is 6.48. The van der Waals surface area contributed by atoms with E-state index in [4.69, 9.17) is 69.6 Å². The molecule has 2 aliphatic rings. The molecule has 15 heavy (non-hydrogen) atoms. The molecular formula is C8H10Cl6O. The third kappa shape index (κ3) is 4.13. The largest absolute Gasteiger partial charge is 0.377 e. The molecule has 0 unspecified atom stereocenters. The summed E-state index contributed by atoms with van der Waals surface area (Å²) in [7, 11) is 0. The van der Waals surface area contributed by atoms with E-state index in [-0.39, 0.29) is 0 Å². The minimum atomic E-state index is -0.437. The number of hydrogen-bond acceptors (Lipinski definition) is 1. The maximum absolute atomic E-state index is 5.88. The number of hydrogen-bond donors (Lipinski definition) is 0. The lowest BCUT2D eigenvalue weighted by atomic mass is 9.97. The van der Waals surface area contributed by atoms with Crippen LogP contribution in [0.1, 0.15) is 0 Å². The van der Waals surface area contributed by atoms with E-state index in [1.54, 1.807) is 0 Å². The predicted octanol–water partition coefficient (Wildman–Crippen LogP) is 3.66. The standard InChI is InChI=1S/C6H6Cl6.C2H4O/c7-1-2(8)4(10)6(12)5(11)3(1)9;1-2-3-1/h1-6H;1-2H2. The lowest BCUT2D eigenvalue weighted by molar-refractivity contribution is 0.475. The van der Waals surface area contributed by atoms with E-state index in [1.165, 1.54) is 0 Å². The Morgan fingerprint density at radius 3 is 0.733 bits per heavy atom. The maximum Gasteiger partial charge on any atom is 0.0701 e. The van der Waals surface area contributed by atoms with Crippen LogP contribution in [-0.2, 0) is 4.74 Å². The molecule has 0 aromatic rings. The Morgan fingerprint density at radius 2 is 0.667 bits per heavy atom. The van der Waals surface area contributed by atoms with Crippen molar-refractivity contribution < 1.29 is 4.74 Å². The van der Waals surface area contributed by atoms with Gasteiger partial charge in [-0.25, -0.2) is 0 Å². The van der Waals surface area contributed by atoms with E-state index in [0.29, 0.717) is 0 Å². The van der Waals surface area contributed by atoms with Gasteiger partial charge in [-0.2, -0.15) is 0 Å². The number of epoxide rings is 1. The van der Waals surface area contributed by atoms with Crippen molar-refractivity contribution >= 4 is 69.6 Å². The van der Waals surface area contributed by atoms with Crippen LogP contribution < -0.4 is 0 Å². The molecule has 0 amide bonds. The molecular weight excluding hydrogens is 325 g/mol. The fraction of sp³-hybridized carbons (Fsp3) is 1.00. The van der Waals surface area contributed by atoms with Crippen molar-refractivity contribution in [3.05, 3.63) is 0 Å². The summed E-state index contributed by atoms with van der Waals surface area (Å²) < 4.78 is 4.50. The molecule has 0 radical (unpaired) electrons. The van der Waals surface area contributed by atoms with E-state index < -0.39 is 32.3 Å². The minimum Gasteiger partial charge on any atom is -0.377 e. The Balaban J connectivity index is 0.000000319. The highest BCUT2D eigenvalue weighted by Crippen LogP contribution is 2.39. The van der Waals surface area contributed by atoms with Gasteiger partial charge in [0.15, 0.2) is 0 Å². The van der Waals surface area contributed by atoms with Gasteiger partial charge in [-0.1, -0.05) is 0 Å². The zero-order valence-electron chi connectivity index (χ0n) is 7.55. The zero-order chi connectivity index (χ0) is 11.6. The summed E-state index contributed by atoms with van der Waals surface area (Å²) in [5, 5.41) is -2.62. The van der Waals surface area contributed by atoms with Crippen molar-refractivity contribution in [3.63, 3.8) is 0 Å². The van der Waals surface area contributed by atoms with Gasteiger partial charge >= 0.3 is 0 Å². The molecule has 1 heterocycles. The number of alkyl halides is 6. The summed E-state index contributed by atoms with van der Waals surface area (Å²) in [5.41, 5.74) is 0. The molecule has 1 saturated carbocycles. The SMILES string of the molecule is C1CO1.ClC1C(Cl)C(Cl)C(Cl)C(Cl)C1Cl. The normalized spacial score (nSPS) is 49.2. The van der Waals surface area contributed by atoms with Crippen LogP contribution in [0.2, 0.25) is 0 Å². The van der Waals surface area contributed by atoms with Crippen molar-refractivity contribution in [1.29, 1.82) is 0 Å². The number of ether oxygens (including phenoxy) is 1. The predicted molar refractivity (Wildman–Crippen MR) is 68.7 cm³/mol. The lowest BCUT2D eigenvalue weighted by Crippen LogP contribution is -2.52. The highest BCUT2D eigenvalue weighted by molar-refractivity contribution is 6.45. The summed E-state index contributed by atoms with van der Waals surface area (Å²) in [5.74, 6) is 0. The zero-order valence-corrected chi connectivity index (χ0v) is 12.1. The van der Waals surface area contributed by atoms with E-state index >= 15 is 0 Å². The van der Waals surface area contributed by atoms with E-state index in [0.717, 1.165) is 13.2 Å². The van der Waals surface area contributed by atoms with Crippen LogP contribution in [0.5, 0.6) is 0 Å². The monoisotopic (exact) mass is 332 g/mol. The summed E-state index contributed by atoms with van der Waals surface area (Å²) in [6, 6.07) is 0. The molecule has 1 aliphatic carbocycles. The molecule has 0 atom stereocenters. The van der Waals surface area contributed by atoms with Crippen molar-refractivity contribution in [2.75, 3.05) is 13.2 Å². The fourth-order valence-electron chi connectivity index (χ4n) is 1.05. The van der Waals surface area contributed by atoms with Crippen molar-refractivity contribution in [2.45, 2.75) is 32.3 Å². The van der Waals surface area contributed by atoms with Gasteiger partial charge in [0.2, 0.25) is 0 Å². The fourth-order valence-corrected chi connectivity index (χ4v) is 3.38. The average Bonchev–Trinajstić information content (AvgIpc) is 3.08. The highest BCUT2D eigenvalue weighted by atomic mass is 35.5. The van der Waals surface area contributed by atoms with Crippen molar-refractivity contribution in [1.82, 2.24) is 0 Å². The summed E-state index contributed by atoms with van der Waals surface area (Å²) in [6.45, 7) is 2.00. The first-order valence-corrected chi connectivity index (χ1v) is 7.01. The van der Waals surface area contributed by atoms with Gasteiger partial charge in [0.25, 0.3) is 0 Å². The molecule has 0 N–H and O–H groups in total. The molecule has 1 nitrogen and oxygen atoms in total. The third-order valence-corrected chi connectivity index (χ3v) is 6.06. The van der Waals surface area contributed by atoms with Crippen LogP contribution >= 0.6 is 69.6 Å². The Labute approximate surface area is 119 Å². The number of rotatable bonds is 0. The van der Waals surface area contributed by atoms with Gasteiger partial charge in [0.05, 0.1) is 45.5 Å². The summed E-state index contributed by atoms with van der Waals surface area (Å²) >= 11 is 35.3. The molecule has 1 aliphatic heterocycles. The van der Waals surface area contributed by atoms with E-state index in [2.05, 4.69) is 4.74 Å². The first-order valence-electron chi connectivity index (χ1n) is 4.39. The van der Waals surface area contributed by atoms with Gasteiger partial charge in [-0.05, 0) is 0 Å². The maximum atomic E-state index is 5.88. The smallest absolute Gasteiger partial charge is 0.0701 e. The summed E-state index contributed by atoms with van der Waals surface area (Å²) in [6.07, 6.45) is 0. The molecule has 90 valence electrons. The first-order chi connectivity index (χ1) is 6.96. The van der Waals surface area contributed by atoms with Crippen LogP contribution in [0.4, 0.5) is 0 Å². The Bertz CT molecular complexity index is 140. The lowest BCUT2D eigenvalue weighted by Gasteiger charge is -2.37. The molecule has 7 heteroatoms. The van der Waals surface area contributed by atoms with Crippen molar-refractivity contribution in [2.24, 2.45) is 0 Å². The third-order valence-electron chi connectivity index (χ3n) is 2.03. The minimum absolute atomic E-state index is 0.437. The van der Waals surface area contributed by atoms with Gasteiger partial charge < -0.3 is 4.74 Å². The number of halogens is 6. The van der Waals surface area contributed by atoms with E-state index in [9.17, 15) is 0 Å². The van der Waals surface area contributed by atoms with Crippen LogP contribution in [-0.4, -0.2) is 45.5 Å². The van der Waals surface area contributed by atoms with Gasteiger partial charge in [0, 0.05) is 0 Å². The van der Waals surface area contributed by atoms with Crippen LogP contribution in [0.25, 0.3) is 0 Å². The molecule has 2 fully saturated rings. The first kappa shape index (κ1) is 14.8. The second kappa shape index (κ2) is 6.58. The molecule has 1 saturated heterocycles. The van der Waals surface area contributed by atoms with Crippen molar-refractivity contribution in [3.8, 4) is 0 Å². The molecule has 0 bridgehead atoms. The summed E-state index contributed by atoms with van der Waals surface area (Å²) in [4.78, 5) is 0. The second-order valence-electron chi connectivity index (χ2n) is 3.28. The molecule has 2 rings (SSSR count). The van der Waals surface area contributed by atoms with Crippen LogP contribution in [0.3, 0.4) is 0 Å². The molecule has 0 spiro atoms. The Hall–Kier alpha value is 1.70. The Morgan fingerprint density at radius 1 is 0.533 bits per heavy atom. The quantitative estimate of drug-likeness (QED) is 0.486. The average molecular weight is 335 g/mol.